The van der Waals surface area contributed by atoms with Crippen LogP contribution in [0, 0.1) is 0 Å². The molecule has 1 fully saturated rings. The highest BCUT2D eigenvalue weighted by Gasteiger charge is 2.19. The molecule has 1 aliphatic heterocycles. The molecule has 1 N–H and O–H groups in total. The van der Waals surface area contributed by atoms with Gasteiger partial charge in [-0.15, -0.1) is 6.58 Å². The Morgan fingerprint density at radius 3 is 2.69 bits per heavy atom. The summed E-state index contributed by atoms with van der Waals surface area (Å²) in [5.41, 5.74) is 0. The van der Waals surface area contributed by atoms with Crippen molar-refractivity contribution in [2.24, 2.45) is 0 Å². The number of thioether (sulfide) groups is 1. The third-order valence-electron chi connectivity index (χ3n) is 2.48. The van der Waals surface area contributed by atoms with E-state index in [1.54, 1.807) is 24.2 Å². The van der Waals surface area contributed by atoms with Gasteiger partial charge in [-0.05, 0) is 6.07 Å². The van der Waals surface area contributed by atoms with E-state index in [9.17, 15) is 0 Å². The molecule has 0 amide bonds. The molecule has 0 radical (unpaired) electrons. The van der Waals surface area contributed by atoms with Gasteiger partial charge in [-0.25, -0.2) is 9.97 Å². The predicted molar refractivity (Wildman–Crippen MR) is 66.3 cm³/mol. The quantitative estimate of drug-likeness (QED) is 0.479. The number of nitrogens with one attached hydrogen (secondary N) is 1. The van der Waals surface area contributed by atoms with Crippen LogP contribution in [0.4, 0.5) is 0 Å². The molecule has 86 valence electrons. The van der Waals surface area contributed by atoms with Gasteiger partial charge < -0.3 is 5.32 Å². The Morgan fingerprint density at radius 1 is 1.38 bits per heavy atom. The van der Waals surface area contributed by atoms with Crippen LogP contribution in [0.3, 0.4) is 0 Å². The molecule has 0 aromatic carbocycles. The molecular weight excluding hydrogens is 220 g/mol. The van der Waals surface area contributed by atoms with E-state index in [-0.39, 0.29) is 5.37 Å². The average molecular weight is 236 g/mol. The summed E-state index contributed by atoms with van der Waals surface area (Å²) < 4.78 is 0. The van der Waals surface area contributed by atoms with Crippen molar-refractivity contribution in [3.05, 3.63) is 31.1 Å². The third-order valence-corrected chi connectivity index (χ3v) is 3.64. The Kier molecular flexibility index (Phi) is 4.33. The number of rotatable bonds is 4. The lowest BCUT2D eigenvalue weighted by molar-refractivity contribution is 0.248. The number of piperazine rings is 1. The fourth-order valence-electron chi connectivity index (χ4n) is 1.66. The molecule has 1 saturated heterocycles. The molecule has 1 atom stereocenters. The van der Waals surface area contributed by atoms with E-state index in [4.69, 9.17) is 0 Å². The first kappa shape index (κ1) is 11.6. The number of hydrogen-bond donors (Lipinski definition) is 1. The predicted octanol–water partition coefficient (Wildman–Crippen LogP) is 0.986. The third kappa shape index (κ3) is 3.04. The molecule has 4 nitrogen and oxygen atoms in total. The summed E-state index contributed by atoms with van der Waals surface area (Å²) in [4.78, 5) is 10.8. The number of nitrogens with zero attached hydrogens (tertiary/aromatic N) is 3. The summed E-state index contributed by atoms with van der Waals surface area (Å²) in [6.07, 6.45) is 5.51. The van der Waals surface area contributed by atoms with Crippen molar-refractivity contribution in [3.8, 4) is 0 Å². The van der Waals surface area contributed by atoms with Gasteiger partial charge in [-0.2, -0.15) is 0 Å². The van der Waals surface area contributed by atoms with Crippen LogP contribution in [0.15, 0.2) is 36.3 Å². The van der Waals surface area contributed by atoms with Crippen LogP contribution in [-0.4, -0.2) is 46.4 Å². The second kappa shape index (κ2) is 5.98. The van der Waals surface area contributed by atoms with E-state index in [0.717, 1.165) is 31.3 Å². The maximum absolute atomic E-state index is 4.22. The maximum atomic E-state index is 4.22. The smallest absolute Gasteiger partial charge is 0.189 e. The molecule has 0 spiro atoms. The summed E-state index contributed by atoms with van der Waals surface area (Å²) in [6, 6.07) is 1.83. The zero-order valence-electron chi connectivity index (χ0n) is 9.17. The van der Waals surface area contributed by atoms with Crippen molar-refractivity contribution in [2.45, 2.75) is 10.5 Å². The molecular formula is C11H16N4S. The highest BCUT2D eigenvalue weighted by molar-refractivity contribution is 7.99. The molecule has 0 saturated carbocycles. The van der Waals surface area contributed by atoms with E-state index >= 15 is 0 Å². The van der Waals surface area contributed by atoms with E-state index in [2.05, 4.69) is 26.8 Å². The first-order valence-electron chi connectivity index (χ1n) is 5.41. The number of aromatic nitrogens is 2. The van der Waals surface area contributed by atoms with Crippen LogP contribution in [0.1, 0.15) is 0 Å². The van der Waals surface area contributed by atoms with Gasteiger partial charge in [0, 0.05) is 38.6 Å². The minimum absolute atomic E-state index is 0.268. The molecule has 1 unspecified atom stereocenters. The Bertz CT molecular complexity index is 324. The molecule has 1 aliphatic rings. The molecule has 1 aromatic rings. The largest absolute Gasteiger partial charge is 0.314 e. The Labute approximate surface area is 100 Å². The summed E-state index contributed by atoms with van der Waals surface area (Å²) in [5, 5.41) is 4.42. The maximum Gasteiger partial charge on any atom is 0.189 e. The van der Waals surface area contributed by atoms with Gasteiger partial charge in [0.2, 0.25) is 0 Å². The summed E-state index contributed by atoms with van der Waals surface area (Å²) in [7, 11) is 0. The lowest BCUT2D eigenvalue weighted by atomic mass is 10.3. The molecule has 0 bridgehead atoms. The fraction of sp³-hybridized carbons (Fsp3) is 0.455. The van der Waals surface area contributed by atoms with Gasteiger partial charge in [0.1, 0.15) is 0 Å². The minimum atomic E-state index is 0.268. The highest BCUT2D eigenvalue weighted by atomic mass is 32.2. The van der Waals surface area contributed by atoms with Gasteiger partial charge in [-0.1, -0.05) is 17.8 Å². The molecule has 2 rings (SSSR count). The average Bonchev–Trinajstić information content (AvgIpc) is 2.38. The van der Waals surface area contributed by atoms with Crippen LogP contribution >= 0.6 is 11.8 Å². The summed E-state index contributed by atoms with van der Waals surface area (Å²) in [6.45, 7) is 8.08. The summed E-state index contributed by atoms with van der Waals surface area (Å²) in [5.74, 6) is 0. The molecule has 5 heteroatoms. The van der Waals surface area contributed by atoms with Gasteiger partial charge >= 0.3 is 0 Å². The first-order valence-corrected chi connectivity index (χ1v) is 6.29. The molecule has 2 heterocycles. The van der Waals surface area contributed by atoms with E-state index in [1.807, 2.05) is 12.1 Å². The molecule has 16 heavy (non-hydrogen) atoms. The second-order valence-electron chi connectivity index (χ2n) is 3.56. The van der Waals surface area contributed by atoms with Crippen LogP contribution in [0.5, 0.6) is 0 Å². The lowest BCUT2D eigenvalue weighted by Gasteiger charge is -2.32. The van der Waals surface area contributed by atoms with Crippen molar-refractivity contribution in [3.63, 3.8) is 0 Å². The van der Waals surface area contributed by atoms with Crippen LogP contribution in [0.25, 0.3) is 0 Å². The monoisotopic (exact) mass is 236 g/mol. The van der Waals surface area contributed by atoms with Crippen molar-refractivity contribution in [2.75, 3.05) is 26.2 Å². The lowest BCUT2D eigenvalue weighted by Crippen LogP contribution is -2.46. The standard InChI is InChI=1S/C11H16N4S/c1-2-10(15-8-6-12-7-9-15)16-11-13-4-3-5-14-11/h2-5,10,12H,1,6-9H2. The zero-order chi connectivity index (χ0) is 11.2. The van der Waals surface area contributed by atoms with Crippen molar-refractivity contribution in [1.82, 2.24) is 20.2 Å². The fourth-order valence-corrected chi connectivity index (χ4v) is 2.58. The SMILES string of the molecule is C=CC(Sc1ncccn1)N1CCNCC1. The zero-order valence-corrected chi connectivity index (χ0v) is 9.99. The van der Waals surface area contributed by atoms with E-state index < -0.39 is 0 Å². The normalized spacial score (nSPS) is 19.2. The number of hydrogen-bond acceptors (Lipinski definition) is 5. The second-order valence-corrected chi connectivity index (χ2v) is 4.65. The van der Waals surface area contributed by atoms with Crippen LogP contribution in [-0.2, 0) is 0 Å². The van der Waals surface area contributed by atoms with E-state index in [1.165, 1.54) is 0 Å². The van der Waals surface area contributed by atoms with Gasteiger partial charge in [-0.3, -0.25) is 4.90 Å². The highest BCUT2D eigenvalue weighted by Crippen LogP contribution is 2.22. The van der Waals surface area contributed by atoms with Gasteiger partial charge in [0.25, 0.3) is 0 Å². The Balaban J connectivity index is 1.97. The minimum Gasteiger partial charge on any atom is -0.314 e. The van der Waals surface area contributed by atoms with Crippen LogP contribution in [0.2, 0.25) is 0 Å². The van der Waals surface area contributed by atoms with E-state index in [0.29, 0.717) is 0 Å². The summed E-state index contributed by atoms with van der Waals surface area (Å²) >= 11 is 1.65. The topological polar surface area (TPSA) is 41.1 Å². The molecule has 1 aromatic heterocycles. The first-order chi connectivity index (χ1) is 7.90. The van der Waals surface area contributed by atoms with Crippen molar-refractivity contribution < 1.29 is 0 Å². The molecule has 0 aliphatic carbocycles. The Morgan fingerprint density at radius 2 is 2.06 bits per heavy atom. The van der Waals surface area contributed by atoms with Gasteiger partial charge in [0.15, 0.2) is 5.16 Å². The van der Waals surface area contributed by atoms with Crippen molar-refractivity contribution >= 4 is 11.8 Å². The Hall–Kier alpha value is -0.910. The van der Waals surface area contributed by atoms with Crippen LogP contribution < -0.4 is 5.32 Å². The van der Waals surface area contributed by atoms with Gasteiger partial charge in [0.05, 0.1) is 5.37 Å². The van der Waals surface area contributed by atoms with Crippen molar-refractivity contribution in [1.29, 1.82) is 0 Å².